The fourth-order valence-electron chi connectivity index (χ4n) is 3.57. The molecule has 2 aromatic heterocycles. The van der Waals surface area contributed by atoms with Crippen molar-refractivity contribution in [1.29, 1.82) is 5.26 Å². The lowest BCUT2D eigenvalue weighted by molar-refractivity contribution is -0.0457. The van der Waals surface area contributed by atoms with Gasteiger partial charge in [0, 0.05) is 36.2 Å². The van der Waals surface area contributed by atoms with Crippen molar-refractivity contribution in [2.45, 2.75) is 64.2 Å². The van der Waals surface area contributed by atoms with Gasteiger partial charge in [-0.1, -0.05) is 32.4 Å². The number of fused-ring (bicyclic) bond motifs is 1. The molecule has 134 valence electrons. The summed E-state index contributed by atoms with van der Waals surface area (Å²) >= 11 is 6.21. The van der Waals surface area contributed by atoms with Gasteiger partial charge in [0.25, 0.3) is 0 Å². The third-order valence-corrected chi connectivity index (χ3v) is 5.26. The largest absolute Gasteiger partial charge is 0.302 e. The molecule has 0 spiro atoms. The molecule has 3 rings (SSSR count). The SMILES string of the molecule is CC(C)(C)c1nc2cc(C#N)c(Cl)cn2c1CC1CCC(F)(F)CC1. The monoisotopic (exact) mass is 365 g/mol. The molecule has 1 saturated carbocycles. The van der Waals surface area contributed by atoms with Crippen LogP contribution in [0.3, 0.4) is 0 Å². The van der Waals surface area contributed by atoms with Gasteiger partial charge in [-0.2, -0.15) is 5.26 Å². The first-order valence-electron chi connectivity index (χ1n) is 8.59. The van der Waals surface area contributed by atoms with Crippen LogP contribution in [-0.4, -0.2) is 15.3 Å². The number of imidazole rings is 1. The summed E-state index contributed by atoms with van der Waals surface area (Å²) in [5, 5.41) is 9.56. The van der Waals surface area contributed by atoms with Gasteiger partial charge >= 0.3 is 0 Å². The Hall–Kier alpha value is -1.67. The lowest BCUT2D eigenvalue weighted by atomic mass is 9.81. The first kappa shape index (κ1) is 18.1. The van der Waals surface area contributed by atoms with Gasteiger partial charge in [0.1, 0.15) is 11.7 Å². The topological polar surface area (TPSA) is 41.1 Å². The summed E-state index contributed by atoms with van der Waals surface area (Å²) in [6.45, 7) is 6.25. The first-order valence-corrected chi connectivity index (χ1v) is 8.97. The van der Waals surface area contributed by atoms with E-state index in [1.54, 1.807) is 12.3 Å². The number of alkyl halides is 2. The Balaban J connectivity index is 2.03. The molecule has 6 heteroatoms. The summed E-state index contributed by atoms with van der Waals surface area (Å²) in [6.07, 6.45) is 3.38. The second-order valence-corrected chi connectivity index (χ2v) is 8.44. The van der Waals surface area contributed by atoms with E-state index in [2.05, 4.69) is 26.8 Å². The molecule has 0 amide bonds. The van der Waals surface area contributed by atoms with E-state index in [0.29, 0.717) is 35.5 Å². The van der Waals surface area contributed by atoms with Crippen molar-refractivity contribution in [3.8, 4) is 6.07 Å². The molecule has 2 heterocycles. The fraction of sp³-hybridized carbons (Fsp3) is 0.579. The summed E-state index contributed by atoms with van der Waals surface area (Å²) < 4.78 is 28.8. The van der Waals surface area contributed by atoms with Crippen LogP contribution in [0.4, 0.5) is 8.78 Å². The predicted octanol–water partition coefficient (Wildman–Crippen LogP) is 5.52. The highest BCUT2D eigenvalue weighted by Gasteiger charge is 2.36. The number of pyridine rings is 1. The third-order valence-electron chi connectivity index (χ3n) is 4.96. The van der Waals surface area contributed by atoms with Crippen molar-refractivity contribution in [3.05, 3.63) is 34.2 Å². The third kappa shape index (κ3) is 3.64. The second kappa shape index (κ2) is 6.25. The molecular formula is C19H22ClF2N3. The van der Waals surface area contributed by atoms with E-state index in [1.165, 1.54) is 0 Å². The maximum Gasteiger partial charge on any atom is 0.248 e. The maximum absolute atomic E-state index is 13.4. The molecule has 0 unspecified atom stereocenters. The summed E-state index contributed by atoms with van der Waals surface area (Å²) in [5.74, 6) is -2.30. The highest BCUT2D eigenvalue weighted by Crippen LogP contribution is 2.39. The number of nitriles is 1. The molecule has 3 nitrogen and oxygen atoms in total. The summed E-state index contributed by atoms with van der Waals surface area (Å²) in [5.41, 5.74) is 2.85. The van der Waals surface area contributed by atoms with Gasteiger partial charge in [0.05, 0.1) is 16.3 Å². The van der Waals surface area contributed by atoms with Gasteiger partial charge in [0.2, 0.25) is 5.92 Å². The standard InChI is InChI=1S/C19H22ClF2N3/c1-18(2,3)17-15(8-12-4-6-19(21,22)7-5-12)25-11-14(20)13(10-23)9-16(25)24-17/h9,11-12H,4-8H2,1-3H3. The van der Waals surface area contributed by atoms with Crippen LogP contribution in [0.1, 0.15) is 63.4 Å². The molecule has 2 aromatic rings. The minimum Gasteiger partial charge on any atom is -0.302 e. The molecule has 0 aromatic carbocycles. The van der Waals surface area contributed by atoms with Gasteiger partial charge in [-0.05, 0) is 25.2 Å². The molecule has 0 atom stereocenters. The van der Waals surface area contributed by atoms with Crippen molar-refractivity contribution in [2.24, 2.45) is 5.92 Å². The second-order valence-electron chi connectivity index (χ2n) is 8.04. The molecule has 0 bridgehead atoms. The minimum atomic E-state index is -2.52. The molecule has 0 saturated heterocycles. The Labute approximate surface area is 151 Å². The van der Waals surface area contributed by atoms with Crippen LogP contribution in [0, 0.1) is 17.2 Å². The Morgan fingerprint density at radius 3 is 2.56 bits per heavy atom. The van der Waals surface area contributed by atoms with E-state index in [-0.39, 0.29) is 24.2 Å². The van der Waals surface area contributed by atoms with Crippen LogP contribution in [-0.2, 0) is 11.8 Å². The Morgan fingerprint density at radius 2 is 2.00 bits per heavy atom. The van der Waals surface area contributed by atoms with Crippen molar-refractivity contribution in [3.63, 3.8) is 0 Å². The van der Waals surface area contributed by atoms with E-state index >= 15 is 0 Å². The fourth-order valence-corrected chi connectivity index (χ4v) is 3.77. The smallest absolute Gasteiger partial charge is 0.248 e. The van der Waals surface area contributed by atoms with Crippen LogP contribution in [0.2, 0.25) is 5.02 Å². The molecule has 25 heavy (non-hydrogen) atoms. The number of hydrogen-bond acceptors (Lipinski definition) is 2. The van der Waals surface area contributed by atoms with Crippen molar-refractivity contribution >= 4 is 17.2 Å². The van der Waals surface area contributed by atoms with E-state index in [0.717, 1.165) is 11.4 Å². The van der Waals surface area contributed by atoms with Crippen LogP contribution in [0.15, 0.2) is 12.3 Å². The molecule has 1 aliphatic carbocycles. The number of halogens is 3. The Kier molecular flexibility index (Phi) is 4.53. The van der Waals surface area contributed by atoms with Gasteiger partial charge in [0.15, 0.2) is 0 Å². The van der Waals surface area contributed by atoms with Crippen LogP contribution >= 0.6 is 11.6 Å². The van der Waals surface area contributed by atoms with E-state index in [4.69, 9.17) is 16.6 Å². The lowest BCUT2D eigenvalue weighted by Crippen LogP contribution is -2.26. The zero-order chi connectivity index (χ0) is 18.4. The predicted molar refractivity (Wildman–Crippen MR) is 94.2 cm³/mol. The number of hydrogen-bond donors (Lipinski definition) is 0. The summed E-state index contributed by atoms with van der Waals surface area (Å²) in [7, 11) is 0. The van der Waals surface area contributed by atoms with E-state index < -0.39 is 5.92 Å². The number of nitrogens with zero attached hydrogens (tertiary/aromatic N) is 3. The molecule has 1 fully saturated rings. The maximum atomic E-state index is 13.4. The van der Waals surface area contributed by atoms with Crippen LogP contribution < -0.4 is 0 Å². The zero-order valence-electron chi connectivity index (χ0n) is 14.7. The molecular weight excluding hydrogens is 344 g/mol. The highest BCUT2D eigenvalue weighted by atomic mass is 35.5. The normalized spacial score (nSPS) is 18.4. The number of aromatic nitrogens is 2. The minimum absolute atomic E-state index is 0.0431. The van der Waals surface area contributed by atoms with Crippen molar-refractivity contribution in [2.75, 3.05) is 0 Å². The van der Waals surface area contributed by atoms with Gasteiger partial charge in [-0.15, -0.1) is 0 Å². The number of rotatable bonds is 2. The molecule has 0 N–H and O–H groups in total. The molecule has 0 radical (unpaired) electrons. The van der Waals surface area contributed by atoms with E-state index in [1.807, 2.05) is 4.40 Å². The Bertz CT molecular complexity index is 833. The Morgan fingerprint density at radius 1 is 1.36 bits per heavy atom. The quantitative estimate of drug-likeness (QED) is 0.702. The highest BCUT2D eigenvalue weighted by molar-refractivity contribution is 6.31. The average Bonchev–Trinajstić information content (AvgIpc) is 2.86. The first-order chi connectivity index (χ1) is 11.6. The summed E-state index contributed by atoms with van der Waals surface area (Å²) in [4.78, 5) is 4.73. The van der Waals surface area contributed by atoms with Crippen LogP contribution in [0.25, 0.3) is 5.65 Å². The van der Waals surface area contributed by atoms with Crippen molar-refractivity contribution in [1.82, 2.24) is 9.38 Å². The summed E-state index contributed by atoms with van der Waals surface area (Å²) in [6, 6.07) is 3.77. The van der Waals surface area contributed by atoms with Crippen LogP contribution in [0.5, 0.6) is 0 Å². The molecule has 1 aliphatic rings. The average molecular weight is 366 g/mol. The van der Waals surface area contributed by atoms with Gasteiger partial charge in [-0.3, -0.25) is 0 Å². The van der Waals surface area contributed by atoms with Gasteiger partial charge < -0.3 is 4.40 Å². The molecule has 0 aliphatic heterocycles. The van der Waals surface area contributed by atoms with Crippen molar-refractivity contribution < 1.29 is 8.78 Å². The lowest BCUT2D eigenvalue weighted by Gasteiger charge is -2.29. The zero-order valence-corrected chi connectivity index (χ0v) is 15.5. The van der Waals surface area contributed by atoms with E-state index in [9.17, 15) is 14.0 Å². The van der Waals surface area contributed by atoms with Gasteiger partial charge in [-0.25, -0.2) is 13.8 Å².